The van der Waals surface area contributed by atoms with E-state index in [0.717, 1.165) is 0 Å². The Hall–Kier alpha value is -1.14. The van der Waals surface area contributed by atoms with Crippen LogP contribution in [-0.2, 0) is 16.4 Å². The molecule has 0 radical (unpaired) electrons. The fourth-order valence-electron chi connectivity index (χ4n) is 1.92. The van der Waals surface area contributed by atoms with E-state index in [-0.39, 0.29) is 23.5 Å². The van der Waals surface area contributed by atoms with E-state index in [1.165, 1.54) is 18.4 Å². The maximum absolute atomic E-state index is 13.2. The Labute approximate surface area is 116 Å². The quantitative estimate of drug-likeness (QED) is 0.816. The number of aromatic nitrogens is 2. The molecule has 7 heteroatoms. The highest BCUT2D eigenvalue weighted by atomic mass is 35.5. The van der Waals surface area contributed by atoms with Gasteiger partial charge in [0.2, 0.25) is 0 Å². The maximum Gasteiger partial charge on any atom is 0.149 e. The highest BCUT2D eigenvalue weighted by Gasteiger charge is 2.16. The highest BCUT2D eigenvalue weighted by molar-refractivity contribution is 7.90. The Morgan fingerprint density at radius 3 is 2.74 bits per heavy atom. The summed E-state index contributed by atoms with van der Waals surface area (Å²) < 4.78 is 37.4. The number of imidazole rings is 1. The van der Waals surface area contributed by atoms with E-state index >= 15 is 0 Å². The highest BCUT2D eigenvalue weighted by Crippen LogP contribution is 2.25. The van der Waals surface area contributed by atoms with Crippen LogP contribution in [0.15, 0.2) is 18.2 Å². The van der Waals surface area contributed by atoms with Crippen molar-refractivity contribution < 1.29 is 12.8 Å². The Balaban J connectivity index is 2.52. The molecule has 0 N–H and O–H groups in total. The number of nitrogens with zero attached hydrogens (tertiary/aromatic N) is 2. The van der Waals surface area contributed by atoms with Gasteiger partial charge in [-0.25, -0.2) is 17.8 Å². The van der Waals surface area contributed by atoms with Crippen molar-refractivity contribution in [2.75, 3.05) is 12.0 Å². The molecule has 19 heavy (non-hydrogen) atoms. The van der Waals surface area contributed by atoms with Gasteiger partial charge in [-0.1, -0.05) is 0 Å². The third kappa shape index (κ3) is 3.25. The van der Waals surface area contributed by atoms with Crippen molar-refractivity contribution in [2.24, 2.45) is 0 Å². The van der Waals surface area contributed by atoms with Crippen LogP contribution in [0.3, 0.4) is 0 Å². The first-order valence-electron chi connectivity index (χ1n) is 5.75. The van der Waals surface area contributed by atoms with Crippen molar-refractivity contribution >= 4 is 32.5 Å². The molecule has 0 aliphatic heterocycles. The van der Waals surface area contributed by atoms with Crippen LogP contribution in [0.2, 0.25) is 0 Å². The predicted molar refractivity (Wildman–Crippen MR) is 73.7 cm³/mol. The van der Waals surface area contributed by atoms with Gasteiger partial charge in [0.05, 0.1) is 22.2 Å². The van der Waals surface area contributed by atoms with Gasteiger partial charge in [0, 0.05) is 18.9 Å². The number of rotatable bonds is 4. The molecule has 4 nitrogen and oxygen atoms in total. The lowest BCUT2D eigenvalue weighted by atomic mass is 10.3. The zero-order valence-electron chi connectivity index (χ0n) is 10.6. The first-order valence-corrected chi connectivity index (χ1v) is 8.25. The lowest BCUT2D eigenvalue weighted by molar-refractivity contribution is 0.593. The van der Waals surface area contributed by atoms with Crippen molar-refractivity contribution in [3.63, 3.8) is 0 Å². The number of hydrogen-bond donors (Lipinski definition) is 0. The molecule has 2 aromatic rings. The first-order chi connectivity index (χ1) is 8.78. The van der Waals surface area contributed by atoms with Crippen LogP contribution in [0.1, 0.15) is 18.1 Å². The summed E-state index contributed by atoms with van der Waals surface area (Å²) >= 11 is 6.04. The van der Waals surface area contributed by atoms with Crippen LogP contribution in [0.25, 0.3) is 11.0 Å². The molecule has 0 fully saturated rings. The van der Waals surface area contributed by atoms with E-state index < -0.39 is 9.84 Å². The molecule has 0 saturated carbocycles. The Bertz CT molecular complexity index is 710. The normalized spacial score (nSPS) is 13.9. The fraction of sp³-hybridized carbons (Fsp3) is 0.417. The number of aryl methyl sites for hydroxylation is 1. The average molecular weight is 305 g/mol. The number of hydrogen-bond acceptors (Lipinski definition) is 3. The Kier molecular flexibility index (Phi) is 3.82. The summed E-state index contributed by atoms with van der Waals surface area (Å²) in [7, 11) is -3.09. The van der Waals surface area contributed by atoms with Crippen LogP contribution in [0.4, 0.5) is 4.39 Å². The van der Waals surface area contributed by atoms with Gasteiger partial charge in [-0.05, 0) is 19.1 Å². The van der Waals surface area contributed by atoms with E-state index in [4.69, 9.17) is 11.6 Å². The molecule has 1 unspecified atom stereocenters. The Morgan fingerprint density at radius 1 is 1.47 bits per heavy atom. The minimum absolute atomic E-state index is 0.00749. The first kappa shape index (κ1) is 14.3. The van der Waals surface area contributed by atoms with Gasteiger partial charge in [-0.3, -0.25) is 0 Å². The van der Waals surface area contributed by atoms with Gasteiger partial charge in [-0.2, -0.15) is 0 Å². The second-order valence-electron chi connectivity index (χ2n) is 4.50. The van der Waals surface area contributed by atoms with Crippen molar-refractivity contribution in [1.29, 1.82) is 0 Å². The second kappa shape index (κ2) is 5.09. The summed E-state index contributed by atoms with van der Waals surface area (Å²) in [4.78, 5) is 4.27. The van der Waals surface area contributed by atoms with Gasteiger partial charge in [-0.15, -0.1) is 11.6 Å². The van der Waals surface area contributed by atoms with Crippen molar-refractivity contribution in [3.05, 3.63) is 29.8 Å². The summed E-state index contributed by atoms with van der Waals surface area (Å²) in [5.74, 6) is 0.159. The molecular formula is C12H14ClFN2O2S. The molecule has 1 heterocycles. The summed E-state index contributed by atoms with van der Waals surface area (Å²) in [5, 5.41) is -0.380. The van der Waals surface area contributed by atoms with Gasteiger partial charge >= 0.3 is 0 Å². The molecule has 0 bridgehead atoms. The maximum atomic E-state index is 13.2. The number of fused-ring (bicyclic) bond motifs is 1. The monoisotopic (exact) mass is 304 g/mol. The number of halogens is 2. The van der Waals surface area contributed by atoms with Gasteiger partial charge in [0.15, 0.2) is 0 Å². The smallest absolute Gasteiger partial charge is 0.149 e. The van der Waals surface area contributed by atoms with Gasteiger partial charge < -0.3 is 4.57 Å². The second-order valence-corrected chi connectivity index (χ2v) is 7.41. The molecule has 1 aromatic carbocycles. The van der Waals surface area contributed by atoms with Crippen LogP contribution in [0, 0.1) is 5.82 Å². The molecule has 104 valence electrons. The third-order valence-electron chi connectivity index (χ3n) is 2.78. The zero-order valence-corrected chi connectivity index (χ0v) is 12.2. The molecule has 0 aliphatic carbocycles. The number of benzene rings is 1. The minimum Gasteiger partial charge on any atom is -0.326 e. The standard InChI is InChI=1S/C12H14ClFN2O2S/c1-8(13)12-15-10-7-9(14)3-4-11(10)16(12)5-6-19(2,17)18/h3-4,7-8H,5-6H2,1-2H3. The molecule has 1 aromatic heterocycles. The minimum atomic E-state index is -3.09. The van der Waals surface area contributed by atoms with Crippen molar-refractivity contribution in [1.82, 2.24) is 9.55 Å². The van der Waals surface area contributed by atoms with E-state index in [0.29, 0.717) is 16.9 Å². The van der Waals surface area contributed by atoms with E-state index in [9.17, 15) is 12.8 Å². The summed E-state index contributed by atoms with van der Waals surface area (Å²) in [5.41, 5.74) is 1.17. The fourth-order valence-corrected chi connectivity index (χ4v) is 2.60. The Morgan fingerprint density at radius 2 is 2.16 bits per heavy atom. The van der Waals surface area contributed by atoms with Gasteiger partial charge in [0.25, 0.3) is 0 Å². The van der Waals surface area contributed by atoms with Crippen LogP contribution in [-0.4, -0.2) is 30.0 Å². The van der Waals surface area contributed by atoms with Crippen molar-refractivity contribution in [3.8, 4) is 0 Å². The third-order valence-corrected chi connectivity index (χ3v) is 3.90. The molecule has 0 aliphatic rings. The largest absolute Gasteiger partial charge is 0.326 e. The number of sulfone groups is 1. The summed E-state index contributed by atoms with van der Waals surface area (Å²) in [6.45, 7) is 2.00. The molecule has 0 spiro atoms. The lowest BCUT2D eigenvalue weighted by Crippen LogP contribution is -2.13. The predicted octanol–water partition coefficient (Wildman–Crippen LogP) is 2.52. The van der Waals surface area contributed by atoms with Crippen LogP contribution < -0.4 is 0 Å². The van der Waals surface area contributed by atoms with E-state index in [2.05, 4.69) is 4.98 Å². The molecule has 0 saturated heterocycles. The lowest BCUT2D eigenvalue weighted by Gasteiger charge is -2.09. The van der Waals surface area contributed by atoms with Gasteiger partial charge in [0.1, 0.15) is 21.5 Å². The van der Waals surface area contributed by atoms with E-state index in [1.807, 2.05) is 0 Å². The molecular weight excluding hydrogens is 291 g/mol. The summed E-state index contributed by atoms with van der Waals surface area (Å²) in [6.07, 6.45) is 1.18. The topological polar surface area (TPSA) is 52.0 Å². The van der Waals surface area contributed by atoms with E-state index in [1.54, 1.807) is 17.6 Å². The molecule has 1 atom stereocenters. The SMILES string of the molecule is CC(Cl)c1nc2cc(F)ccc2n1CCS(C)(=O)=O. The molecule has 0 amide bonds. The number of alkyl halides is 1. The van der Waals surface area contributed by atoms with Crippen LogP contribution in [0.5, 0.6) is 0 Å². The average Bonchev–Trinajstić information content (AvgIpc) is 2.63. The summed E-state index contributed by atoms with van der Waals surface area (Å²) in [6, 6.07) is 4.22. The molecule has 2 rings (SSSR count). The van der Waals surface area contributed by atoms with Crippen molar-refractivity contribution in [2.45, 2.75) is 18.8 Å². The zero-order chi connectivity index (χ0) is 14.2. The van der Waals surface area contributed by atoms with Crippen LogP contribution >= 0.6 is 11.6 Å².